The maximum Gasteiger partial charge on any atom is 0.290 e. The number of anilines is 1. The van der Waals surface area contributed by atoms with E-state index in [0.717, 1.165) is 28.9 Å². The van der Waals surface area contributed by atoms with Gasteiger partial charge < -0.3 is 10.4 Å². The number of aromatic nitrogens is 5. The lowest BCUT2D eigenvalue weighted by Crippen LogP contribution is -2.32. The Bertz CT molecular complexity index is 1030. The van der Waals surface area contributed by atoms with Gasteiger partial charge in [-0.1, -0.05) is 18.3 Å². The predicted octanol–water partition coefficient (Wildman–Crippen LogP) is 1.13. The molecule has 4 heterocycles. The molecule has 30 heavy (non-hydrogen) atoms. The molecular formula is C18H21N7O4S. The predicted molar refractivity (Wildman–Crippen MR) is 109 cm³/mol. The van der Waals surface area contributed by atoms with E-state index in [4.69, 9.17) is 9.90 Å². The monoisotopic (exact) mass is 431 g/mol. The molecule has 0 aliphatic carbocycles. The topological polar surface area (TPSA) is 154 Å². The fraction of sp³-hybridized carbons (Fsp3) is 0.389. The van der Waals surface area contributed by atoms with E-state index in [-0.39, 0.29) is 24.7 Å². The largest absolute Gasteiger partial charge is 0.483 e. The third-order valence-corrected chi connectivity index (χ3v) is 5.50. The first-order valence-corrected chi connectivity index (χ1v) is 10.1. The lowest BCUT2D eigenvalue weighted by atomic mass is 10.1. The Morgan fingerprint density at radius 2 is 2.27 bits per heavy atom. The molecule has 1 atom stereocenters. The molecule has 158 valence electrons. The molecule has 11 nitrogen and oxygen atoms in total. The van der Waals surface area contributed by atoms with Crippen molar-refractivity contribution in [1.82, 2.24) is 30.7 Å². The van der Waals surface area contributed by atoms with Gasteiger partial charge in [0.2, 0.25) is 16.9 Å². The van der Waals surface area contributed by atoms with Gasteiger partial charge in [0.05, 0.1) is 18.2 Å². The number of hydrogen-bond donors (Lipinski definition) is 3. The fourth-order valence-electron chi connectivity index (χ4n) is 3.09. The molecule has 1 fully saturated rings. The SMILES string of the molecule is CCCc1nnc(N2CC(C(=O)NCc3[nH]nc4ncccc34)CC2=O)s1.O=CO. The second-order valence-electron chi connectivity index (χ2n) is 6.53. The van der Waals surface area contributed by atoms with Crippen LogP contribution in [0.15, 0.2) is 18.3 Å². The lowest BCUT2D eigenvalue weighted by molar-refractivity contribution is -0.126. The molecule has 3 aromatic rings. The van der Waals surface area contributed by atoms with Crippen LogP contribution in [0.3, 0.4) is 0 Å². The van der Waals surface area contributed by atoms with Gasteiger partial charge in [-0.2, -0.15) is 5.10 Å². The Labute approximate surface area is 175 Å². The minimum Gasteiger partial charge on any atom is -0.483 e. The molecule has 1 aliphatic rings. The summed E-state index contributed by atoms with van der Waals surface area (Å²) in [6, 6.07) is 3.73. The number of carboxylic acid groups (broad SMARTS) is 1. The normalized spacial score (nSPS) is 15.7. The first kappa shape index (κ1) is 21.3. The van der Waals surface area contributed by atoms with Gasteiger partial charge in [0.1, 0.15) is 5.01 Å². The van der Waals surface area contributed by atoms with Gasteiger partial charge in [-0.05, 0) is 18.6 Å². The zero-order valence-electron chi connectivity index (χ0n) is 16.2. The molecular weight excluding hydrogens is 410 g/mol. The molecule has 2 amide bonds. The fourth-order valence-corrected chi connectivity index (χ4v) is 4.06. The summed E-state index contributed by atoms with van der Waals surface area (Å²) in [5.41, 5.74) is 1.41. The third kappa shape index (κ3) is 4.76. The minimum atomic E-state index is -0.400. The molecule has 1 unspecified atom stereocenters. The van der Waals surface area contributed by atoms with Crippen molar-refractivity contribution in [2.45, 2.75) is 32.7 Å². The molecule has 0 aromatic carbocycles. The van der Waals surface area contributed by atoms with Crippen molar-refractivity contribution >= 4 is 45.8 Å². The van der Waals surface area contributed by atoms with Crippen molar-refractivity contribution in [3.63, 3.8) is 0 Å². The standard InChI is InChI=1S/C17H19N7O2S.CH2O2/c1-2-4-13-21-23-17(27-13)24-9-10(7-14(24)25)16(26)19-8-12-11-5-3-6-18-15(11)22-20-12;2-1-3/h3,5-6,10H,2,4,7-9H2,1H3,(H,19,26)(H,18,20,22);1H,(H,2,3). The molecule has 0 spiro atoms. The van der Waals surface area contributed by atoms with Crippen molar-refractivity contribution in [3.8, 4) is 0 Å². The number of aryl methyl sites for hydroxylation is 1. The number of aromatic amines is 1. The van der Waals surface area contributed by atoms with Crippen molar-refractivity contribution in [1.29, 1.82) is 0 Å². The minimum absolute atomic E-state index is 0.0921. The highest BCUT2D eigenvalue weighted by Crippen LogP contribution is 2.28. The maximum absolute atomic E-state index is 12.5. The summed E-state index contributed by atoms with van der Waals surface area (Å²) in [6.07, 6.45) is 3.67. The van der Waals surface area contributed by atoms with Gasteiger partial charge >= 0.3 is 0 Å². The van der Waals surface area contributed by atoms with Crippen LogP contribution in [0.25, 0.3) is 11.0 Å². The number of nitrogens with one attached hydrogen (secondary N) is 2. The second-order valence-corrected chi connectivity index (χ2v) is 7.57. The molecule has 1 saturated heterocycles. The number of H-pyrrole nitrogens is 1. The van der Waals surface area contributed by atoms with Crippen LogP contribution < -0.4 is 10.2 Å². The Morgan fingerprint density at radius 1 is 1.47 bits per heavy atom. The van der Waals surface area contributed by atoms with Crippen LogP contribution in [0.4, 0.5) is 5.13 Å². The number of carbonyl (C=O) groups excluding carboxylic acids is 2. The average molecular weight is 431 g/mol. The summed E-state index contributed by atoms with van der Waals surface area (Å²) in [5, 5.41) is 27.4. The van der Waals surface area contributed by atoms with Gasteiger partial charge in [0.15, 0.2) is 5.65 Å². The maximum atomic E-state index is 12.5. The van der Waals surface area contributed by atoms with Gasteiger partial charge in [0, 0.05) is 31.0 Å². The van der Waals surface area contributed by atoms with Crippen LogP contribution in [-0.2, 0) is 27.3 Å². The molecule has 0 radical (unpaired) electrons. The zero-order valence-corrected chi connectivity index (χ0v) is 17.1. The van der Waals surface area contributed by atoms with Gasteiger partial charge in [-0.25, -0.2) is 4.98 Å². The molecule has 1 aliphatic heterocycles. The second kappa shape index (κ2) is 9.87. The Balaban J connectivity index is 0.000000806. The van der Waals surface area contributed by atoms with E-state index in [2.05, 4.69) is 37.6 Å². The van der Waals surface area contributed by atoms with Gasteiger partial charge in [-0.15, -0.1) is 10.2 Å². The Hall–Kier alpha value is -3.41. The number of hydrogen-bond acceptors (Lipinski definition) is 8. The average Bonchev–Trinajstić information content (AvgIpc) is 3.45. The third-order valence-electron chi connectivity index (χ3n) is 4.49. The first-order valence-electron chi connectivity index (χ1n) is 9.33. The smallest absolute Gasteiger partial charge is 0.290 e. The summed E-state index contributed by atoms with van der Waals surface area (Å²) in [5.74, 6) is -0.648. The van der Waals surface area contributed by atoms with Crippen molar-refractivity contribution < 1.29 is 19.5 Å². The van der Waals surface area contributed by atoms with E-state index in [9.17, 15) is 9.59 Å². The van der Waals surface area contributed by atoms with E-state index < -0.39 is 5.92 Å². The van der Waals surface area contributed by atoms with E-state index in [0.29, 0.717) is 23.9 Å². The van der Waals surface area contributed by atoms with E-state index in [1.807, 2.05) is 12.1 Å². The van der Waals surface area contributed by atoms with Crippen LogP contribution in [0.2, 0.25) is 0 Å². The highest BCUT2D eigenvalue weighted by Gasteiger charge is 2.36. The van der Waals surface area contributed by atoms with Gasteiger partial charge in [-0.3, -0.25) is 24.4 Å². The summed E-state index contributed by atoms with van der Waals surface area (Å²) in [6.45, 7) is 2.46. The van der Waals surface area contributed by atoms with E-state index in [1.54, 1.807) is 11.1 Å². The summed E-state index contributed by atoms with van der Waals surface area (Å²) < 4.78 is 0. The van der Waals surface area contributed by atoms with E-state index >= 15 is 0 Å². The molecule has 3 aromatic heterocycles. The highest BCUT2D eigenvalue weighted by atomic mass is 32.1. The van der Waals surface area contributed by atoms with Crippen molar-refractivity contribution in [2.24, 2.45) is 5.92 Å². The number of carbonyl (C=O) groups is 3. The van der Waals surface area contributed by atoms with Crippen LogP contribution >= 0.6 is 11.3 Å². The molecule has 3 N–H and O–H groups in total. The zero-order chi connectivity index (χ0) is 21.5. The van der Waals surface area contributed by atoms with E-state index in [1.165, 1.54) is 11.3 Å². The first-order chi connectivity index (χ1) is 14.6. The number of rotatable bonds is 6. The lowest BCUT2D eigenvalue weighted by Gasteiger charge is -2.12. The number of fused-ring (bicyclic) bond motifs is 1. The van der Waals surface area contributed by atoms with Crippen molar-refractivity contribution in [3.05, 3.63) is 29.0 Å². The Morgan fingerprint density at radius 3 is 3.03 bits per heavy atom. The van der Waals surface area contributed by atoms with Crippen molar-refractivity contribution in [2.75, 3.05) is 11.4 Å². The molecule has 12 heteroatoms. The number of pyridine rings is 1. The number of amides is 2. The summed E-state index contributed by atoms with van der Waals surface area (Å²) in [4.78, 5) is 38.9. The quantitative estimate of drug-likeness (QED) is 0.491. The Kier molecular flexibility index (Phi) is 7.01. The van der Waals surface area contributed by atoms with Gasteiger partial charge in [0.25, 0.3) is 6.47 Å². The molecule has 0 bridgehead atoms. The van der Waals surface area contributed by atoms with Crippen LogP contribution in [0.1, 0.15) is 30.5 Å². The summed E-state index contributed by atoms with van der Waals surface area (Å²) in [7, 11) is 0. The summed E-state index contributed by atoms with van der Waals surface area (Å²) >= 11 is 1.42. The van der Waals surface area contributed by atoms with Crippen LogP contribution in [0.5, 0.6) is 0 Å². The van der Waals surface area contributed by atoms with Crippen LogP contribution in [0, 0.1) is 5.92 Å². The van der Waals surface area contributed by atoms with Crippen LogP contribution in [-0.4, -0.2) is 55.3 Å². The number of nitrogens with zero attached hydrogens (tertiary/aromatic N) is 5. The molecule has 0 saturated carbocycles. The highest BCUT2D eigenvalue weighted by molar-refractivity contribution is 7.15. The molecule has 4 rings (SSSR count).